The molecule has 0 aliphatic heterocycles. The van der Waals surface area contributed by atoms with E-state index < -0.39 is 0 Å². The van der Waals surface area contributed by atoms with E-state index in [0.29, 0.717) is 0 Å². The Bertz CT molecular complexity index is 1580. The Hall–Kier alpha value is -4.95. The summed E-state index contributed by atoms with van der Waals surface area (Å²) < 4.78 is 0. The third-order valence-corrected chi connectivity index (χ3v) is 6.85. The molecule has 0 spiro atoms. The minimum Gasteiger partial charge on any atom is -0.398 e. The molecule has 1 aliphatic carbocycles. The number of nitrogens with two attached hydrogens (primary N) is 1. The van der Waals surface area contributed by atoms with Crippen molar-refractivity contribution in [1.82, 2.24) is 0 Å². The summed E-state index contributed by atoms with van der Waals surface area (Å²) >= 11 is 0. The molecule has 196 valence electrons. The van der Waals surface area contributed by atoms with E-state index in [4.69, 9.17) is 5.73 Å². The molecule has 0 radical (unpaired) electrons. The quantitative estimate of drug-likeness (QED) is 0.243. The molecule has 2 heteroatoms. The molecule has 5 rings (SSSR count). The number of aliphatic imine (C=N–C) groups is 1. The maximum Gasteiger partial charge on any atom is 0.0480 e. The average molecular weight is 519 g/mol. The summed E-state index contributed by atoms with van der Waals surface area (Å²) in [5, 5.41) is 0. The van der Waals surface area contributed by atoms with E-state index in [-0.39, 0.29) is 0 Å². The van der Waals surface area contributed by atoms with Gasteiger partial charge in [0.25, 0.3) is 0 Å². The summed E-state index contributed by atoms with van der Waals surface area (Å²) in [6, 6.07) is 42.3. The number of hydrogen-bond acceptors (Lipinski definition) is 2. The zero-order valence-corrected chi connectivity index (χ0v) is 23.3. The van der Waals surface area contributed by atoms with Gasteiger partial charge in [-0.15, -0.1) is 0 Å². The zero-order valence-electron chi connectivity index (χ0n) is 23.3. The van der Waals surface area contributed by atoms with E-state index in [1.54, 1.807) is 0 Å². The van der Waals surface area contributed by atoms with Crippen molar-refractivity contribution in [3.05, 3.63) is 190 Å². The standard InChI is InChI=1S/C38H34N2/c1-27(2)26-40-28(3)24-25-33-36(34(29-16-8-4-9-17-29)30-18-10-5-11-19-30)37(38(33)39)35(31-20-12-6-13-21-31)32-22-14-7-15-23-32/h4-26H,39H2,1-3H3/b25-24+,40-28?. The summed E-state index contributed by atoms with van der Waals surface area (Å²) in [7, 11) is 0. The maximum atomic E-state index is 7.02. The monoisotopic (exact) mass is 518 g/mol. The number of benzene rings is 4. The molecule has 0 fully saturated rings. The molecular formula is C38H34N2. The lowest BCUT2D eigenvalue weighted by atomic mass is 9.71. The molecule has 0 atom stereocenters. The molecule has 0 saturated carbocycles. The van der Waals surface area contributed by atoms with E-state index in [2.05, 4.69) is 138 Å². The molecular weight excluding hydrogens is 484 g/mol. The second-order valence-electron chi connectivity index (χ2n) is 10.1. The Kier molecular flexibility index (Phi) is 8.18. The third kappa shape index (κ3) is 5.72. The highest BCUT2D eigenvalue weighted by atomic mass is 14.7. The molecule has 0 aromatic heterocycles. The van der Waals surface area contributed by atoms with Gasteiger partial charge in [-0.2, -0.15) is 0 Å². The summed E-state index contributed by atoms with van der Waals surface area (Å²) in [5.41, 5.74) is 20.0. The SMILES string of the molecule is CC(C)=CN=C(C)/C=C/C1=C(N)C(=C(c2ccccc2)c2ccccc2)C1=C(c1ccccc1)c1ccccc1. The highest BCUT2D eigenvalue weighted by molar-refractivity contribution is 6.02. The first kappa shape index (κ1) is 26.6. The van der Waals surface area contributed by atoms with Crippen LogP contribution in [0.1, 0.15) is 43.0 Å². The molecule has 2 nitrogen and oxygen atoms in total. The van der Waals surface area contributed by atoms with E-state index in [9.17, 15) is 0 Å². The highest BCUT2D eigenvalue weighted by Gasteiger charge is 2.33. The van der Waals surface area contributed by atoms with Crippen LogP contribution in [-0.4, -0.2) is 5.71 Å². The fourth-order valence-corrected chi connectivity index (χ4v) is 4.98. The molecule has 0 saturated heterocycles. The van der Waals surface area contributed by atoms with Gasteiger partial charge < -0.3 is 5.73 Å². The van der Waals surface area contributed by atoms with Crippen molar-refractivity contribution in [2.75, 3.05) is 0 Å². The molecule has 0 unspecified atom stereocenters. The molecule has 2 N–H and O–H groups in total. The van der Waals surface area contributed by atoms with Gasteiger partial charge >= 0.3 is 0 Å². The van der Waals surface area contributed by atoms with Gasteiger partial charge in [0, 0.05) is 34.3 Å². The van der Waals surface area contributed by atoms with Crippen LogP contribution in [0.5, 0.6) is 0 Å². The normalized spacial score (nSPS) is 13.3. The van der Waals surface area contributed by atoms with Crippen molar-refractivity contribution in [2.45, 2.75) is 20.8 Å². The first-order chi connectivity index (χ1) is 19.5. The van der Waals surface area contributed by atoms with Crippen molar-refractivity contribution in [1.29, 1.82) is 0 Å². The maximum absolute atomic E-state index is 7.02. The highest BCUT2D eigenvalue weighted by Crippen LogP contribution is 2.49. The van der Waals surface area contributed by atoms with Gasteiger partial charge in [-0.3, -0.25) is 4.99 Å². The van der Waals surface area contributed by atoms with E-state index in [1.807, 2.05) is 27.0 Å². The summed E-state index contributed by atoms with van der Waals surface area (Å²) in [5.74, 6) is 0. The number of nitrogens with zero attached hydrogens (tertiary/aromatic N) is 1. The minimum atomic E-state index is 0.785. The van der Waals surface area contributed by atoms with Gasteiger partial charge in [-0.05, 0) is 60.2 Å². The van der Waals surface area contributed by atoms with E-state index in [0.717, 1.165) is 67.1 Å². The molecule has 0 amide bonds. The molecule has 4 aromatic carbocycles. The van der Waals surface area contributed by atoms with Gasteiger partial charge in [0.15, 0.2) is 0 Å². The van der Waals surface area contributed by atoms with Crippen LogP contribution in [0.15, 0.2) is 173 Å². The first-order valence-electron chi connectivity index (χ1n) is 13.6. The average Bonchev–Trinajstić information content (AvgIpc) is 3.00. The predicted octanol–water partition coefficient (Wildman–Crippen LogP) is 9.16. The summed E-state index contributed by atoms with van der Waals surface area (Å²) in [6.45, 7) is 6.11. The Labute approximate surface area is 237 Å². The van der Waals surface area contributed by atoms with Gasteiger partial charge in [0.2, 0.25) is 0 Å². The van der Waals surface area contributed by atoms with Gasteiger partial charge in [-0.25, -0.2) is 0 Å². The third-order valence-electron chi connectivity index (χ3n) is 6.85. The van der Waals surface area contributed by atoms with Crippen molar-refractivity contribution in [2.24, 2.45) is 10.7 Å². The van der Waals surface area contributed by atoms with Crippen molar-refractivity contribution in [3.8, 4) is 0 Å². The fraction of sp³-hybridized carbons (Fsp3) is 0.0789. The lowest BCUT2D eigenvalue weighted by molar-refractivity contribution is 1.17. The number of hydrogen-bond donors (Lipinski definition) is 1. The van der Waals surface area contributed by atoms with Crippen molar-refractivity contribution in [3.63, 3.8) is 0 Å². The molecule has 4 aromatic rings. The Morgan fingerprint density at radius 3 is 1.30 bits per heavy atom. The number of allylic oxidation sites excluding steroid dienone is 5. The Balaban J connectivity index is 1.87. The van der Waals surface area contributed by atoms with Crippen LogP contribution in [0, 0.1) is 0 Å². The lowest BCUT2D eigenvalue weighted by Crippen LogP contribution is -2.22. The minimum absolute atomic E-state index is 0.785. The summed E-state index contributed by atoms with van der Waals surface area (Å²) in [6.07, 6.45) is 6.06. The van der Waals surface area contributed by atoms with Gasteiger partial charge in [0.1, 0.15) is 0 Å². The molecule has 40 heavy (non-hydrogen) atoms. The van der Waals surface area contributed by atoms with Crippen LogP contribution < -0.4 is 5.73 Å². The summed E-state index contributed by atoms with van der Waals surface area (Å²) in [4.78, 5) is 4.59. The van der Waals surface area contributed by atoms with Crippen LogP contribution in [0.2, 0.25) is 0 Å². The molecule has 1 aliphatic rings. The van der Waals surface area contributed by atoms with Crippen LogP contribution in [0.4, 0.5) is 0 Å². The van der Waals surface area contributed by atoms with E-state index in [1.165, 1.54) is 0 Å². The Morgan fingerprint density at radius 1 is 0.550 bits per heavy atom. The van der Waals surface area contributed by atoms with Crippen molar-refractivity contribution >= 4 is 16.9 Å². The topological polar surface area (TPSA) is 38.4 Å². The van der Waals surface area contributed by atoms with Gasteiger partial charge in [0.05, 0.1) is 0 Å². The largest absolute Gasteiger partial charge is 0.398 e. The number of rotatable bonds is 7. The smallest absolute Gasteiger partial charge is 0.0480 e. The molecule has 0 heterocycles. The second kappa shape index (κ2) is 12.3. The van der Waals surface area contributed by atoms with Crippen LogP contribution in [0.3, 0.4) is 0 Å². The zero-order chi connectivity index (χ0) is 27.9. The van der Waals surface area contributed by atoms with Crippen LogP contribution in [-0.2, 0) is 0 Å². The Morgan fingerprint density at radius 2 is 0.925 bits per heavy atom. The van der Waals surface area contributed by atoms with E-state index >= 15 is 0 Å². The van der Waals surface area contributed by atoms with Crippen LogP contribution >= 0.6 is 0 Å². The fourth-order valence-electron chi connectivity index (χ4n) is 4.98. The second-order valence-corrected chi connectivity index (χ2v) is 10.1. The van der Waals surface area contributed by atoms with Crippen molar-refractivity contribution < 1.29 is 0 Å². The predicted molar refractivity (Wildman–Crippen MR) is 171 cm³/mol. The first-order valence-corrected chi connectivity index (χ1v) is 13.6. The molecule has 0 bridgehead atoms. The van der Waals surface area contributed by atoms with Crippen LogP contribution in [0.25, 0.3) is 11.1 Å². The van der Waals surface area contributed by atoms with Gasteiger partial charge in [-0.1, -0.05) is 133 Å². The lowest BCUT2D eigenvalue weighted by Gasteiger charge is -2.33.